The molecule has 1 aliphatic carbocycles. The molecule has 0 saturated heterocycles. The van der Waals surface area contributed by atoms with Crippen molar-refractivity contribution in [3.05, 3.63) is 33.8 Å². The molecule has 1 aliphatic rings. The van der Waals surface area contributed by atoms with E-state index in [1.807, 2.05) is 12.1 Å². The van der Waals surface area contributed by atoms with E-state index < -0.39 is 11.4 Å². The van der Waals surface area contributed by atoms with E-state index in [0.717, 1.165) is 35.7 Å². The second kappa shape index (κ2) is 5.04. The van der Waals surface area contributed by atoms with Crippen LogP contribution < -0.4 is 0 Å². The molecule has 0 radical (unpaired) electrons. The molecule has 1 aromatic carbocycles. The van der Waals surface area contributed by atoms with Gasteiger partial charge in [0.1, 0.15) is 0 Å². The maximum Gasteiger partial charge on any atom is 0.314 e. The van der Waals surface area contributed by atoms with Crippen LogP contribution in [0.2, 0.25) is 0 Å². The standard InChI is InChI=1S/C15H19BrO2/c1-3-10(4-2)12-6-5-11(9-13(12)16)15(7-8-15)14(17)18/h5-6,9-10H,3-4,7-8H2,1-2H3,(H,17,18). The van der Waals surface area contributed by atoms with Crippen LogP contribution in [0.5, 0.6) is 0 Å². The highest BCUT2D eigenvalue weighted by atomic mass is 79.9. The number of aliphatic carboxylic acids is 1. The average Bonchev–Trinajstić information content (AvgIpc) is 3.13. The maximum absolute atomic E-state index is 11.3. The van der Waals surface area contributed by atoms with Gasteiger partial charge in [0.25, 0.3) is 0 Å². The van der Waals surface area contributed by atoms with Gasteiger partial charge in [-0.25, -0.2) is 0 Å². The number of rotatable bonds is 5. The monoisotopic (exact) mass is 310 g/mol. The zero-order valence-corrected chi connectivity index (χ0v) is 12.5. The van der Waals surface area contributed by atoms with Crippen LogP contribution in [-0.2, 0) is 10.2 Å². The fourth-order valence-corrected chi connectivity index (χ4v) is 3.34. The molecule has 0 aromatic heterocycles. The summed E-state index contributed by atoms with van der Waals surface area (Å²) in [6, 6.07) is 6.11. The summed E-state index contributed by atoms with van der Waals surface area (Å²) in [5.41, 5.74) is 1.64. The molecule has 1 fully saturated rings. The third-order valence-electron chi connectivity index (χ3n) is 4.14. The molecule has 0 aliphatic heterocycles. The largest absolute Gasteiger partial charge is 0.481 e. The summed E-state index contributed by atoms with van der Waals surface area (Å²) in [4.78, 5) is 11.3. The van der Waals surface area contributed by atoms with Crippen LogP contribution in [-0.4, -0.2) is 11.1 Å². The van der Waals surface area contributed by atoms with Crippen molar-refractivity contribution in [1.82, 2.24) is 0 Å². The van der Waals surface area contributed by atoms with Gasteiger partial charge in [-0.2, -0.15) is 0 Å². The van der Waals surface area contributed by atoms with Crippen LogP contribution in [0, 0.1) is 0 Å². The number of hydrogen-bond acceptors (Lipinski definition) is 1. The number of carboxylic acids is 1. The van der Waals surface area contributed by atoms with Crippen molar-refractivity contribution in [2.45, 2.75) is 50.9 Å². The van der Waals surface area contributed by atoms with Gasteiger partial charge in [-0.05, 0) is 48.8 Å². The summed E-state index contributed by atoms with van der Waals surface area (Å²) in [7, 11) is 0. The topological polar surface area (TPSA) is 37.3 Å². The Labute approximate surface area is 117 Å². The molecule has 1 N–H and O–H groups in total. The van der Waals surface area contributed by atoms with Gasteiger partial charge in [0.05, 0.1) is 5.41 Å². The molecule has 0 heterocycles. The molecule has 2 rings (SSSR count). The first-order chi connectivity index (χ1) is 8.55. The van der Waals surface area contributed by atoms with Gasteiger partial charge in [-0.3, -0.25) is 4.79 Å². The molecule has 0 amide bonds. The Morgan fingerprint density at radius 3 is 2.39 bits per heavy atom. The number of halogens is 1. The Morgan fingerprint density at radius 1 is 1.39 bits per heavy atom. The minimum absolute atomic E-state index is 0.549. The Balaban J connectivity index is 2.34. The summed E-state index contributed by atoms with van der Waals surface area (Å²) in [5, 5.41) is 9.30. The second-order valence-electron chi connectivity index (χ2n) is 5.14. The number of carboxylic acid groups (broad SMARTS) is 1. The van der Waals surface area contributed by atoms with Crippen LogP contribution in [0.3, 0.4) is 0 Å². The van der Waals surface area contributed by atoms with Crippen molar-refractivity contribution in [2.24, 2.45) is 0 Å². The molecular formula is C15H19BrO2. The lowest BCUT2D eigenvalue weighted by atomic mass is 9.90. The van der Waals surface area contributed by atoms with Crippen LogP contribution in [0.25, 0.3) is 0 Å². The van der Waals surface area contributed by atoms with E-state index in [2.05, 4.69) is 35.8 Å². The van der Waals surface area contributed by atoms with Crippen LogP contribution in [0.15, 0.2) is 22.7 Å². The molecule has 3 heteroatoms. The Kier molecular flexibility index (Phi) is 3.81. The van der Waals surface area contributed by atoms with E-state index in [0.29, 0.717) is 5.92 Å². The lowest BCUT2D eigenvalue weighted by molar-refractivity contribution is -0.140. The highest BCUT2D eigenvalue weighted by Gasteiger charge is 2.51. The summed E-state index contributed by atoms with van der Waals surface area (Å²) < 4.78 is 1.06. The Morgan fingerprint density at radius 2 is 2.00 bits per heavy atom. The van der Waals surface area contributed by atoms with Crippen molar-refractivity contribution in [3.63, 3.8) is 0 Å². The summed E-state index contributed by atoms with van der Waals surface area (Å²) in [6.07, 6.45) is 3.75. The maximum atomic E-state index is 11.3. The third kappa shape index (κ3) is 2.20. The minimum Gasteiger partial charge on any atom is -0.481 e. The fraction of sp³-hybridized carbons (Fsp3) is 0.533. The van der Waals surface area contributed by atoms with Crippen LogP contribution >= 0.6 is 15.9 Å². The van der Waals surface area contributed by atoms with Crippen LogP contribution in [0.4, 0.5) is 0 Å². The smallest absolute Gasteiger partial charge is 0.314 e. The summed E-state index contributed by atoms with van der Waals surface area (Å²) in [5.74, 6) is -0.141. The predicted molar refractivity (Wildman–Crippen MR) is 76.0 cm³/mol. The lowest BCUT2D eigenvalue weighted by Gasteiger charge is -2.17. The number of hydrogen-bond donors (Lipinski definition) is 1. The van der Waals surface area contributed by atoms with Gasteiger partial charge in [0.2, 0.25) is 0 Å². The van der Waals surface area contributed by atoms with Crippen molar-refractivity contribution >= 4 is 21.9 Å². The highest BCUT2D eigenvalue weighted by molar-refractivity contribution is 9.10. The van der Waals surface area contributed by atoms with Gasteiger partial charge in [-0.15, -0.1) is 0 Å². The van der Waals surface area contributed by atoms with E-state index in [-0.39, 0.29) is 0 Å². The Hall–Kier alpha value is -0.830. The van der Waals surface area contributed by atoms with Gasteiger partial charge >= 0.3 is 5.97 Å². The average molecular weight is 311 g/mol. The molecule has 0 spiro atoms. The molecular weight excluding hydrogens is 292 g/mol. The van der Waals surface area contributed by atoms with E-state index in [9.17, 15) is 9.90 Å². The lowest BCUT2D eigenvalue weighted by Crippen LogP contribution is -2.19. The van der Waals surface area contributed by atoms with Gasteiger partial charge in [0, 0.05) is 4.47 Å². The molecule has 0 atom stereocenters. The van der Waals surface area contributed by atoms with Crippen molar-refractivity contribution in [1.29, 1.82) is 0 Å². The first kappa shape index (κ1) is 13.6. The predicted octanol–water partition coefficient (Wildman–Crippen LogP) is 4.47. The molecule has 0 unspecified atom stereocenters. The molecule has 1 aromatic rings. The SMILES string of the molecule is CCC(CC)c1ccc(C2(C(=O)O)CC2)cc1Br. The summed E-state index contributed by atoms with van der Waals surface area (Å²) >= 11 is 3.61. The molecule has 18 heavy (non-hydrogen) atoms. The second-order valence-corrected chi connectivity index (χ2v) is 5.99. The van der Waals surface area contributed by atoms with Gasteiger partial charge in [-0.1, -0.05) is 41.9 Å². The minimum atomic E-state index is -0.690. The molecule has 98 valence electrons. The van der Waals surface area contributed by atoms with E-state index >= 15 is 0 Å². The van der Waals surface area contributed by atoms with Gasteiger partial charge in [0.15, 0.2) is 0 Å². The van der Waals surface area contributed by atoms with Crippen molar-refractivity contribution in [2.75, 3.05) is 0 Å². The molecule has 1 saturated carbocycles. The van der Waals surface area contributed by atoms with E-state index in [1.54, 1.807) is 0 Å². The Bertz CT molecular complexity index is 460. The van der Waals surface area contributed by atoms with E-state index in [1.165, 1.54) is 5.56 Å². The molecule has 0 bridgehead atoms. The zero-order valence-electron chi connectivity index (χ0n) is 10.9. The first-order valence-electron chi connectivity index (χ1n) is 6.58. The molecule has 2 nitrogen and oxygen atoms in total. The third-order valence-corrected chi connectivity index (χ3v) is 4.82. The number of benzene rings is 1. The quantitative estimate of drug-likeness (QED) is 0.871. The van der Waals surface area contributed by atoms with Crippen molar-refractivity contribution < 1.29 is 9.90 Å². The van der Waals surface area contributed by atoms with Crippen LogP contribution in [0.1, 0.15) is 56.6 Å². The highest BCUT2D eigenvalue weighted by Crippen LogP contribution is 2.49. The first-order valence-corrected chi connectivity index (χ1v) is 7.37. The normalized spacial score (nSPS) is 16.9. The zero-order chi connectivity index (χ0) is 13.3. The number of carbonyl (C=O) groups is 1. The van der Waals surface area contributed by atoms with Crippen molar-refractivity contribution in [3.8, 4) is 0 Å². The summed E-state index contributed by atoms with van der Waals surface area (Å²) in [6.45, 7) is 4.38. The van der Waals surface area contributed by atoms with Gasteiger partial charge < -0.3 is 5.11 Å². The van der Waals surface area contributed by atoms with E-state index in [4.69, 9.17) is 0 Å². The fourth-order valence-electron chi connectivity index (χ4n) is 2.64.